The van der Waals surface area contributed by atoms with E-state index in [0.29, 0.717) is 23.4 Å². The van der Waals surface area contributed by atoms with Gasteiger partial charge in [-0.25, -0.2) is 17.2 Å². The van der Waals surface area contributed by atoms with Gasteiger partial charge in [0.2, 0.25) is 5.91 Å². The molecule has 1 amide bonds. The van der Waals surface area contributed by atoms with Crippen molar-refractivity contribution < 1.29 is 36.6 Å². The number of aliphatic hydroxyl groups is 1. The Hall–Kier alpha value is -3.54. The average molecular weight is 545 g/mol. The summed E-state index contributed by atoms with van der Waals surface area (Å²) < 4.78 is 66.6. The molecule has 0 aliphatic carbocycles. The van der Waals surface area contributed by atoms with Crippen molar-refractivity contribution in [2.24, 2.45) is 0 Å². The summed E-state index contributed by atoms with van der Waals surface area (Å²) in [6.07, 6.45) is -1.25. The number of amides is 1. The minimum Gasteiger partial charge on any atom is -0.487 e. The van der Waals surface area contributed by atoms with Crippen molar-refractivity contribution in [3.63, 3.8) is 0 Å². The molecule has 0 aromatic heterocycles. The molecule has 2 heterocycles. The highest BCUT2D eigenvalue weighted by Gasteiger charge is 2.46. The van der Waals surface area contributed by atoms with Crippen LogP contribution in [-0.2, 0) is 26.1 Å². The van der Waals surface area contributed by atoms with Gasteiger partial charge in [-0.3, -0.25) is 9.52 Å². The van der Waals surface area contributed by atoms with Crippen LogP contribution in [-0.4, -0.2) is 44.4 Å². The lowest BCUT2D eigenvalue weighted by Crippen LogP contribution is -2.47. The number of halogens is 2. The van der Waals surface area contributed by atoms with Crippen LogP contribution in [0.2, 0.25) is 0 Å². The van der Waals surface area contributed by atoms with E-state index in [9.17, 15) is 27.1 Å². The lowest BCUT2D eigenvalue weighted by molar-refractivity contribution is -0.142. The highest BCUT2D eigenvalue weighted by molar-refractivity contribution is 7.92. The molecule has 3 aromatic carbocycles. The molecule has 5 rings (SSSR count). The van der Waals surface area contributed by atoms with Gasteiger partial charge in [0.05, 0.1) is 24.0 Å². The second-order valence-corrected chi connectivity index (χ2v) is 11.0. The van der Waals surface area contributed by atoms with Crippen LogP contribution in [0.5, 0.6) is 5.75 Å². The number of aliphatic hydroxyl groups excluding tert-OH is 1. The van der Waals surface area contributed by atoms with Gasteiger partial charge in [-0.1, -0.05) is 12.1 Å². The van der Waals surface area contributed by atoms with E-state index < -0.39 is 34.2 Å². The molecule has 1 saturated heterocycles. The third-order valence-electron chi connectivity index (χ3n) is 6.67. The molecule has 0 radical (unpaired) electrons. The van der Waals surface area contributed by atoms with Crippen LogP contribution in [0.25, 0.3) is 0 Å². The number of hydrogen-bond acceptors (Lipinski definition) is 6. The van der Waals surface area contributed by atoms with Gasteiger partial charge in [-0.15, -0.1) is 0 Å². The standard InChI is InChI=1S/C27H26F2N2O6S/c28-17-4-7-21(8-5-17)38(34,35)31-19-6-9-24-22(11-19)23-12-20(36-25(15-32)27(23)37-24)13-26(33)30-14-16-2-1-3-18(29)10-16/h1-11,20,23,25,27,31-32H,12-15H2,(H,30,33)/t20-,23+,25-,27-/m1/s1. The molecule has 2 aliphatic rings. The Morgan fingerprint density at radius 3 is 2.55 bits per heavy atom. The Kier molecular flexibility index (Phi) is 7.33. The quantitative estimate of drug-likeness (QED) is 0.400. The molecule has 200 valence electrons. The van der Waals surface area contributed by atoms with E-state index >= 15 is 0 Å². The van der Waals surface area contributed by atoms with Gasteiger partial charge in [-0.05, 0) is 66.6 Å². The molecule has 0 saturated carbocycles. The lowest BCUT2D eigenvalue weighted by atomic mass is 9.84. The Balaban J connectivity index is 1.28. The van der Waals surface area contributed by atoms with Crippen LogP contribution in [0.1, 0.15) is 29.9 Å². The largest absolute Gasteiger partial charge is 0.487 e. The Labute approximate surface area is 218 Å². The summed E-state index contributed by atoms with van der Waals surface area (Å²) in [6.45, 7) is -0.150. The summed E-state index contributed by atoms with van der Waals surface area (Å²) in [4.78, 5) is 12.5. The topological polar surface area (TPSA) is 114 Å². The number of carbonyl (C=O) groups excluding carboxylic acids is 1. The lowest BCUT2D eigenvalue weighted by Gasteiger charge is -2.37. The number of rotatable bonds is 8. The molecule has 4 atom stereocenters. The van der Waals surface area contributed by atoms with Crippen LogP contribution in [0.4, 0.5) is 14.5 Å². The molecule has 38 heavy (non-hydrogen) atoms. The number of nitrogens with one attached hydrogen (secondary N) is 2. The van der Waals surface area contributed by atoms with Gasteiger partial charge in [0.1, 0.15) is 29.6 Å². The van der Waals surface area contributed by atoms with E-state index in [4.69, 9.17) is 9.47 Å². The molecule has 0 spiro atoms. The first kappa shape index (κ1) is 26.1. The first-order valence-electron chi connectivity index (χ1n) is 12.1. The molecule has 0 bridgehead atoms. The van der Waals surface area contributed by atoms with Crippen molar-refractivity contribution >= 4 is 21.6 Å². The third-order valence-corrected chi connectivity index (χ3v) is 8.06. The number of fused-ring (bicyclic) bond motifs is 3. The monoisotopic (exact) mass is 544 g/mol. The van der Waals surface area contributed by atoms with Crippen molar-refractivity contribution in [1.82, 2.24) is 5.32 Å². The van der Waals surface area contributed by atoms with E-state index in [-0.39, 0.29) is 42.1 Å². The van der Waals surface area contributed by atoms with E-state index in [1.807, 2.05) is 0 Å². The summed E-state index contributed by atoms with van der Waals surface area (Å²) >= 11 is 0. The zero-order chi connectivity index (χ0) is 26.9. The zero-order valence-corrected chi connectivity index (χ0v) is 21.0. The summed E-state index contributed by atoms with van der Waals surface area (Å²) in [5.74, 6) is -0.909. The van der Waals surface area contributed by atoms with Crippen LogP contribution in [0.15, 0.2) is 71.6 Å². The number of carbonyl (C=O) groups is 1. The highest BCUT2D eigenvalue weighted by atomic mass is 32.2. The third kappa shape index (κ3) is 5.64. The summed E-state index contributed by atoms with van der Waals surface area (Å²) in [5.41, 5.74) is 1.67. The second-order valence-electron chi connectivity index (χ2n) is 9.33. The average Bonchev–Trinajstić information content (AvgIpc) is 3.25. The number of sulfonamides is 1. The minimum absolute atomic E-state index is 0.0290. The molecular formula is C27H26F2N2O6S. The van der Waals surface area contributed by atoms with Gasteiger partial charge in [0.15, 0.2) is 0 Å². The maximum absolute atomic E-state index is 13.4. The van der Waals surface area contributed by atoms with Crippen molar-refractivity contribution in [1.29, 1.82) is 0 Å². The van der Waals surface area contributed by atoms with Gasteiger partial charge < -0.3 is 19.9 Å². The minimum atomic E-state index is -3.95. The van der Waals surface area contributed by atoms with Crippen LogP contribution in [0, 0.1) is 11.6 Å². The Morgan fingerprint density at radius 1 is 1.03 bits per heavy atom. The van der Waals surface area contributed by atoms with E-state index in [0.717, 1.165) is 17.7 Å². The van der Waals surface area contributed by atoms with Crippen molar-refractivity contribution in [2.75, 3.05) is 11.3 Å². The highest BCUT2D eigenvalue weighted by Crippen LogP contribution is 2.47. The summed E-state index contributed by atoms with van der Waals surface area (Å²) in [5, 5.41) is 12.7. The number of ether oxygens (including phenoxy) is 2. The molecule has 0 unspecified atom stereocenters. The maximum atomic E-state index is 13.4. The van der Waals surface area contributed by atoms with E-state index in [1.54, 1.807) is 30.3 Å². The van der Waals surface area contributed by atoms with Gasteiger partial charge in [-0.2, -0.15) is 0 Å². The Bertz CT molecular complexity index is 1430. The molecule has 11 heteroatoms. The van der Waals surface area contributed by atoms with Crippen molar-refractivity contribution in [3.8, 4) is 5.75 Å². The SMILES string of the molecule is O=C(C[C@H]1C[C@H]2c3cc(NS(=O)(=O)c4ccc(F)cc4)ccc3O[C@H]2[C@@H](CO)O1)NCc1cccc(F)c1. The molecule has 3 N–H and O–H groups in total. The van der Waals surface area contributed by atoms with E-state index in [2.05, 4.69) is 10.0 Å². The van der Waals surface area contributed by atoms with Crippen LogP contribution < -0.4 is 14.8 Å². The fourth-order valence-electron chi connectivity index (χ4n) is 4.91. The van der Waals surface area contributed by atoms with Gasteiger partial charge >= 0.3 is 0 Å². The van der Waals surface area contributed by atoms with Crippen molar-refractivity contribution in [3.05, 3.63) is 89.5 Å². The number of hydrogen-bond donors (Lipinski definition) is 3. The molecule has 3 aromatic rings. The van der Waals surface area contributed by atoms with Gasteiger partial charge in [0.25, 0.3) is 10.0 Å². The second kappa shape index (κ2) is 10.7. The van der Waals surface area contributed by atoms with Crippen LogP contribution in [0.3, 0.4) is 0 Å². The van der Waals surface area contributed by atoms with E-state index in [1.165, 1.54) is 24.3 Å². The predicted molar refractivity (Wildman–Crippen MR) is 134 cm³/mol. The predicted octanol–water partition coefficient (Wildman–Crippen LogP) is 3.47. The fraction of sp³-hybridized carbons (Fsp3) is 0.296. The van der Waals surface area contributed by atoms with Crippen LogP contribution >= 0.6 is 0 Å². The molecule has 8 nitrogen and oxygen atoms in total. The first-order valence-corrected chi connectivity index (χ1v) is 13.6. The smallest absolute Gasteiger partial charge is 0.261 e. The normalized spacial score (nSPS) is 22.2. The molecule has 1 fully saturated rings. The maximum Gasteiger partial charge on any atom is 0.261 e. The summed E-state index contributed by atoms with van der Waals surface area (Å²) in [7, 11) is -3.95. The Morgan fingerprint density at radius 2 is 1.82 bits per heavy atom. The molecule has 2 aliphatic heterocycles. The fourth-order valence-corrected chi connectivity index (χ4v) is 5.96. The first-order chi connectivity index (χ1) is 18.2. The van der Waals surface area contributed by atoms with Crippen molar-refractivity contribution in [2.45, 2.75) is 48.5 Å². The van der Waals surface area contributed by atoms with Gasteiger partial charge in [0, 0.05) is 23.7 Å². The molecular weight excluding hydrogens is 518 g/mol. The number of benzene rings is 3. The summed E-state index contributed by atoms with van der Waals surface area (Å²) in [6, 6.07) is 15.3. The zero-order valence-electron chi connectivity index (χ0n) is 20.1. The number of anilines is 1.